The third kappa shape index (κ3) is 3.29. The van der Waals surface area contributed by atoms with Gasteiger partial charge in [0.25, 0.3) is 0 Å². The van der Waals surface area contributed by atoms with Gasteiger partial charge in [0.05, 0.1) is 12.1 Å². The van der Waals surface area contributed by atoms with Crippen LogP contribution in [0.25, 0.3) is 0 Å². The third-order valence-electron chi connectivity index (χ3n) is 4.27. The maximum Gasteiger partial charge on any atom is 0.354 e. The number of halogens is 4. The minimum Gasteiger partial charge on any atom is -0.464 e. The molecule has 1 amide bonds. The number of carbonyl (C=O) groups excluding carboxylic acids is 2. The topological polar surface area (TPSA) is 62.4 Å². The fourth-order valence-electron chi connectivity index (χ4n) is 3.00. The number of methoxy groups -OCH3 is 1. The molecule has 2 aromatic rings. The van der Waals surface area contributed by atoms with Gasteiger partial charge in [-0.25, -0.2) is 18.0 Å². The summed E-state index contributed by atoms with van der Waals surface area (Å²) in [5.74, 6) is -5.35. The summed E-state index contributed by atoms with van der Waals surface area (Å²) >= 11 is 6.08. The van der Waals surface area contributed by atoms with Crippen molar-refractivity contribution in [2.45, 2.75) is 12.8 Å². The minimum atomic E-state index is -1.54. The molecule has 26 heavy (non-hydrogen) atoms. The number of benzene rings is 1. The van der Waals surface area contributed by atoms with Crippen LogP contribution in [-0.2, 0) is 16.0 Å². The van der Waals surface area contributed by atoms with E-state index in [0.29, 0.717) is 13.0 Å². The Morgan fingerprint density at radius 1 is 1.31 bits per heavy atom. The van der Waals surface area contributed by atoms with Crippen LogP contribution in [0.15, 0.2) is 18.2 Å². The zero-order valence-electron chi connectivity index (χ0n) is 13.6. The molecule has 138 valence electrons. The van der Waals surface area contributed by atoms with Gasteiger partial charge < -0.3 is 9.72 Å². The van der Waals surface area contributed by atoms with Crippen LogP contribution in [0, 0.1) is 23.4 Å². The second-order valence-electron chi connectivity index (χ2n) is 5.92. The van der Waals surface area contributed by atoms with E-state index in [1.165, 1.54) is 18.1 Å². The number of carbonyl (C=O) groups is 2. The van der Waals surface area contributed by atoms with Gasteiger partial charge in [0.1, 0.15) is 11.5 Å². The molecule has 1 N–H and O–H groups in total. The maximum absolute atomic E-state index is 13.3. The summed E-state index contributed by atoms with van der Waals surface area (Å²) in [6.45, 7) is 0.316. The molecule has 1 fully saturated rings. The standard InChI is InChI=1S/C17H14ClF3N2O3/c1-26-17(25)13-7-10(18)15(22-13)23-3-2-9(16(23)24)4-8-5-11(19)14(21)12(20)6-8/h5-7,9,22H,2-4H2,1H3. The van der Waals surface area contributed by atoms with Gasteiger partial charge in [-0.3, -0.25) is 9.69 Å². The number of nitrogens with one attached hydrogen (secondary N) is 1. The van der Waals surface area contributed by atoms with E-state index in [-0.39, 0.29) is 34.4 Å². The summed E-state index contributed by atoms with van der Waals surface area (Å²) in [7, 11) is 1.22. The Hall–Kier alpha value is -2.48. The average molecular weight is 387 g/mol. The maximum atomic E-state index is 13.3. The Labute approximate surface area is 151 Å². The van der Waals surface area contributed by atoms with Gasteiger partial charge in [0.15, 0.2) is 17.5 Å². The molecule has 9 heteroatoms. The minimum absolute atomic E-state index is 0.0612. The first-order valence-electron chi connectivity index (χ1n) is 7.73. The second-order valence-corrected chi connectivity index (χ2v) is 6.33. The fraction of sp³-hybridized carbons (Fsp3) is 0.294. The van der Waals surface area contributed by atoms with Crippen LogP contribution >= 0.6 is 11.6 Å². The Kier molecular flexibility index (Phi) is 4.95. The van der Waals surface area contributed by atoms with Crippen LogP contribution in [0.4, 0.5) is 19.0 Å². The zero-order chi connectivity index (χ0) is 19.0. The monoisotopic (exact) mass is 386 g/mol. The van der Waals surface area contributed by atoms with Crippen LogP contribution in [-0.4, -0.2) is 30.5 Å². The predicted molar refractivity (Wildman–Crippen MR) is 87.6 cm³/mol. The number of nitrogens with zero attached hydrogens (tertiary/aromatic N) is 1. The highest BCUT2D eigenvalue weighted by Crippen LogP contribution is 2.33. The van der Waals surface area contributed by atoms with Gasteiger partial charge in [-0.05, 0) is 36.6 Å². The Bertz CT molecular complexity index is 861. The number of rotatable bonds is 4. The first kappa shape index (κ1) is 18.3. The molecule has 3 rings (SSSR count). The van der Waals surface area contributed by atoms with Crippen molar-refractivity contribution in [3.8, 4) is 0 Å². The molecular formula is C17H14ClF3N2O3. The zero-order valence-corrected chi connectivity index (χ0v) is 14.4. The van der Waals surface area contributed by atoms with Crippen molar-refractivity contribution in [2.24, 2.45) is 5.92 Å². The van der Waals surface area contributed by atoms with Gasteiger partial charge in [-0.1, -0.05) is 11.6 Å². The lowest BCUT2D eigenvalue weighted by atomic mass is 9.98. The summed E-state index contributed by atoms with van der Waals surface area (Å²) < 4.78 is 44.3. The van der Waals surface area contributed by atoms with Crippen molar-refractivity contribution in [3.05, 3.63) is 51.9 Å². The lowest BCUT2D eigenvalue weighted by Crippen LogP contribution is -2.28. The van der Waals surface area contributed by atoms with E-state index in [9.17, 15) is 22.8 Å². The lowest BCUT2D eigenvalue weighted by molar-refractivity contribution is -0.120. The van der Waals surface area contributed by atoms with Crippen molar-refractivity contribution < 1.29 is 27.5 Å². The van der Waals surface area contributed by atoms with Crippen molar-refractivity contribution in [1.82, 2.24) is 4.98 Å². The molecule has 0 bridgehead atoms. The van der Waals surface area contributed by atoms with Crippen molar-refractivity contribution in [2.75, 3.05) is 18.6 Å². The third-order valence-corrected chi connectivity index (χ3v) is 4.56. The largest absolute Gasteiger partial charge is 0.464 e. The van der Waals surface area contributed by atoms with E-state index in [1.54, 1.807) is 0 Å². The van der Waals surface area contributed by atoms with E-state index < -0.39 is 29.3 Å². The lowest BCUT2D eigenvalue weighted by Gasteiger charge is -2.16. The molecule has 5 nitrogen and oxygen atoms in total. The molecule has 0 saturated carbocycles. The smallest absolute Gasteiger partial charge is 0.354 e. The predicted octanol–water partition coefficient (Wildman–Crippen LogP) is 3.47. The molecule has 1 aromatic heterocycles. The van der Waals surface area contributed by atoms with Crippen LogP contribution in [0.3, 0.4) is 0 Å². The number of hydrogen-bond donors (Lipinski definition) is 1. The quantitative estimate of drug-likeness (QED) is 0.646. The number of anilines is 1. The molecule has 1 unspecified atom stereocenters. The average Bonchev–Trinajstić information content (AvgIpc) is 3.15. The molecule has 1 atom stereocenters. The number of hydrogen-bond acceptors (Lipinski definition) is 3. The summed E-state index contributed by atoms with van der Waals surface area (Å²) in [5, 5.41) is 0.179. The van der Waals surface area contributed by atoms with Crippen LogP contribution in [0.2, 0.25) is 5.02 Å². The van der Waals surface area contributed by atoms with Gasteiger partial charge >= 0.3 is 5.97 Å². The second kappa shape index (κ2) is 7.03. The Morgan fingerprint density at radius 2 is 1.96 bits per heavy atom. The highest BCUT2D eigenvalue weighted by atomic mass is 35.5. The van der Waals surface area contributed by atoms with Crippen molar-refractivity contribution in [3.63, 3.8) is 0 Å². The normalized spacial score (nSPS) is 17.0. The van der Waals surface area contributed by atoms with Crippen molar-refractivity contribution >= 4 is 29.3 Å². The van der Waals surface area contributed by atoms with Gasteiger partial charge in [0.2, 0.25) is 5.91 Å². The summed E-state index contributed by atoms with van der Waals surface area (Å²) in [6, 6.07) is 3.12. The van der Waals surface area contributed by atoms with E-state index in [1.807, 2.05) is 0 Å². The SMILES string of the molecule is COC(=O)c1cc(Cl)c(N2CCC(Cc3cc(F)c(F)c(F)c3)C2=O)[nH]1. The van der Waals surface area contributed by atoms with E-state index >= 15 is 0 Å². The summed E-state index contributed by atoms with van der Waals surface area (Å²) in [5.41, 5.74) is 0.292. The molecule has 1 aromatic carbocycles. The Morgan fingerprint density at radius 3 is 2.58 bits per heavy atom. The molecule has 0 radical (unpaired) electrons. The van der Waals surface area contributed by atoms with E-state index in [2.05, 4.69) is 9.72 Å². The molecular weight excluding hydrogens is 373 g/mol. The van der Waals surface area contributed by atoms with Gasteiger partial charge in [0, 0.05) is 12.5 Å². The summed E-state index contributed by atoms with van der Waals surface area (Å²) in [4.78, 5) is 28.3. The van der Waals surface area contributed by atoms with Crippen LogP contribution in [0.1, 0.15) is 22.5 Å². The first-order valence-corrected chi connectivity index (χ1v) is 8.11. The molecule has 1 aliphatic heterocycles. The molecule has 0 aliphatic carbocycles. The van der Waals surface area contributed by atoms with Gasteiger partial charge in [-0.15, -0.1) is 0 Å². The number of aromatic nitrogens is 1. The summed E-state index contributed by atoms with van der Waals surface area (Å²) in [6.07, 6.45) is 0.480. The van der Waals surface area contributed by atoms with Crippen molar-refractivity contribution in [1.29, 1.82) is 0 Å². The number of aromatic amines is 1. The van der Waals surface area contributed by atoms with E-state index in [0.717, 1.165) is 12.1 Å². The molecule has 0 spiro atoms. The number of ether oxygens (including phenoxy) is 1. The molecule has 2 heterocycles. The highest BCUT2D eigenvalue weighted by molar-refractivity contribution is 6.34. The van der Waals surface area contributed by atoms with Crippen LogP contribution in [0.5, 0.6) is 0 Å². The molecule has 1 aliphatic rings. The molecule has 1 saturated heterocycles. The number of H-pyrrole nitrogens is 1. The first-order chi connectivity index (χ1) is 12.3. The highest BCUT2D eigenvalue weighted by Gasteiger charge is 2.35. The Balaban J connectivity index is 1.78. The number of esters is 1. The van der Waals surface area contributed by atoms with Crippen LogP contribution < -0.4 is 4.90 Å². The van der Waals surface area contributed by atoms with Gasteiger partial charge in [-0.2, -0.15) is 0 Å². The number of amides is 1. The fourth-order valence-corrected chi connectivity index (χ4v) is 3.25. The van der Waals surface area contributed by atoms with E-state index in [4.69, 9.17) is 11.6 Å².